The van der Waals surface area contributed by atoms with E-state index in [1.807, 2.05) is 44.2 Å². The number of methoxy groups -OCH3 is 1. The summed E-state index contributed by atoms with van der Waals surface area (Å²) in [5.74, 6) is -0.299. The van der Waals surface area contributed by atoms with E-state index in [9.17, 15) is 9.59 Å². The molecule has 7 heteroatoms. The second-order valence-electron chi connectivity index (χ2n) is 5.48. The molecule has 1 aromatic heterocycles. The lowest BCUT2D eigenvalue weighted by molar-refractivity contribution is -0.142. The third kappa shape index (κ3) is 3.56. The first kappa shape index (κ1) is 16.7. The predicted molar refractivity (Wildman–Crippen MR) is 85.6 cm³/mol. The number of carbonyl (C=O) groups excluding carboxylic acids is 2. The molecule has 0 fully saturated rings. The molecule has 2 rings (SSSR count). The Labute approximate surface area is 134 Å². The maximum atomic E-state index is 12.0. The maximum Gasteiger partial charge on any atom is 0.328 e. The first-order valence-electron chi connectivity index (χ1n) is 7.32. The zero-order valence-electron chi connectivity index (χ0n) is 13.6. The van der Waals surface area contributed by atoms with Crippen LogP contribution in [0, 0.1) is 5.92 Å². The van der Waals surface area contributed by atoms with Gasteiger partial charge in [-0.3, -0.25) is 4.79 Å². The van der Waals surface area contributed by atoms with E-state index < -0.39 is 12.0 Å². The monoisotopic (exact) mass is 316 g/mol. The number of Topliss-reactive ketones (excluding diaryl/α,β-unsaturated/α-hetero) is 1. The number of hydrogen-bond acceptors (Lipinski definition) is 6. The minimum atomic E-state index is -0.612. The van der Waals surface area contributed by atoms with E-state index in [-0.39, 0.29) is 17.4 Å². The van der Waals surface area contributed by atoms with Gasteiger partial charge < -0.3 is 10.1 Å². The molecule has 0 amide bonds. The quantitative estimate of drug-likeness (QED) is 0.648. The Morgan fingerprint density at radius 1 is 1.22 bits per heavy atom. The summed E-state index contributed by atoms with van der Waals surface area (Å²) in [7, 11) is 1.33. The van der Waals surface area contributed by atoms with Crippen molar-refractivity contribution in [3.8, 4) is 5.69 Å². The Morgan fingerprint density at radius 2 is 1.87 bits per heavy atom. The molecule has 0 spiro atoms. The number of para-hydroxylation sites is 1. The number of aromatic nitrogens is 3. The summed E-state index contributed by atoms with van der Waals surface area (Å²) in [5, 5.41) is 11.0. The molecule has 0 radical (unpaired) electrons. The standard InChI is InChI=1S/C16H20N4O3/c1-10(2)13(16(22)23-4)17-15-14(11(3)21)18-19-20(15)12-8-6-5-7-9-12/h5-10,13,17H,1-4H3/t13-/m0/s1. The second-order valence-corrected chi connectivity index (χ2v) is 5.48. The summed E-state index contributed by atoms with van der Waals surface area (Å²) in [6.07, 6.45) is 0. The van der Waals surface area contributed by atoms with Gasteiger partial charge in [-0.2, -0.15) is 4.68 Å². The van der Waals surface area contributed by atoms with Crippen LogP contribution >= 0.6 is 0 Å². The zero-order chi connectivity index (χ0) is 17.0. The molecule has 0 saturated heterocycles. The number of carbonyl (C=O) groups is 2. The number of anilines is 1. The van der Waals surface area contributed by atoms with Crippen molar-refractivity contribution in [1.82, 2.24) is 15.0 Å². The summed E-state index contributed by atoms with van der Waals surface area (Å²) in [6, 6.07) is 8.66. The third-order valence-corrected chi connectivity index (χ3v) is 3.42. The van der Waals surface area contributed by atoms with E-state index in [1.54, 1.807) is 0 Å². The second kappa shape index (κ2) is 7.04. The summed E-state index contributed by atoms with van der Waals surface area (Å²) in [4.78, 5) is 23.8. The molecule has 1 N–H and O–H groups in total. The van der Waals surface area contributed by atoms with Crippen LogP contribution in [0.25, 0.3) is 5.69 Å². The summed E-state index contributed by atoms with van der Waals surface area (Å²) < 4.78 is 6.34. The minimum absolute atomic E-state index is 0.0404. The molecule has 0 aliphatic carbocycles. The van der Waals surface area contributed by atoms with E-state index in [1.165, 1.54) is 18.7 Å². The van der Waals surface area contributed by atoms with Crippen molar-refractivity contribution in [2.75, 3.05) is 12.4 Å². The van der Waals surface area contributed by atoms with Crippen LogP contribution in [0.3, 0.4) is 0 Å². The van der Waals surface area contributed by atoms with Crippen LogP contribution in [-0.2, 0) is 9.53 Å². The molecule has 1 aromatic carbocycles. The molecular weight excluding hydrogens is 296 g/mol. The van der Waals surface area contributed by atoms with Crippen molar-refractivity contribution < 1.29 is 14.3 Å². The van der Waals surface area contributed by atoms with E-state index in [0.717, 1.165) is 5.69 Å². The average Bonchev–Trinajstić information content (AvgIpc) is 2.96. The molecule has 1 heterocycles. The van der Waals surface area contributed by atoms with E-state index in [2.05, 4.69) is 15.6 Å². The molecular formula is C16H20N4O3. The fourth-order valence-electron chi connectivity index (χ4n) is 2.17. The number of benzene rings is 1. The van der Waals surface area contributed by atoms with Gasteiger partial charge in [-0.05, 0) is 18.1 Å². The fourth-order valence-corrected chi connectivity index (χ4v) is 2.17. The Kier molecular flexibility index (Phi) is 5.10. The first-order valence-corrected chi connectivity index (χ1v) is 7.32. The lowest BCUT2D eigenvalue weighted by Crippen LogP contribution is -2.36. The van der Waals surface area contributed by atoms with Crippen LogP contribution in [0.5, 0.6) is 0 Å². The number of hydrogen-bond donors (Lipinski definition) is 1. The van der Waals surface area contributed by atoms with Crippen LogP contribution in [-0.4, -0.2) is 39.9 Å². The van der Waals surface area contributed by atoms with Crippen LogP contribution in [0.4, 0.5) is 5.82 Å². The predicted octanol–water partition coefficient (Wildman–Crippen LogP) is 2.08. The molecule has 122 valence electrons. The van der Waals surface area contributed by atoms with Crippen molar-refractivity contribution >= 4 is 17.6 Å². The summed E-state index contributed by atoms with van der Waals surface area (Å²) in [5.41, 5.74) is 0.922. The van der Waals surface area contributed by atoms with Gasteiger partial charge in [0.25, 0.3) is 0 Å². The summed E-state index contributed by atoms with van der Waals surface area (Å²) >= 11 is 0. The normalized spacial score (nSPS) is 12.0. The average molecular weight is 316 g/mol. The van der Waals surface area contributed by atoms with Gasteiger partial charge in [-0.25, -0.2) is 4.79 Å². The van der Waals surface area contributed by atoms with Crippen molar-refractivity contribution in [3.05, 3.63) is 36.0 Å². The third-order valence-electron chi connectivity index (χ3n) is 3.42. The molecule has 23 heavy (non-hydrogen) atoms. The molecule has 1 atom stereocenters. The van der Waals surface area contributed by atoms with Crippen LogP contribution in [0.15, 0.2) is 30.3 Å². The molecule has 0 aliphatic rings. The van der Waals surface area contributed by atoms with E-state index in [4.69, 9.17) is 4.74 Å². The lowest BCUT2D eigenvalue weighted by Gasteiger charge is -2.21. The minimum Gasteiger partial charge on any atom is -0.467 e. The van der Waals surface area contributed by atoms with Gasteiger partial charge in [0.1, 0.15) is 6.04 Å². The first-order chi connectivity index (χ1) is 11.0. The summed E-state index contributed by atoms with van der Waals surface area (Å²) in [6.45, 7) is 5.18. The van der Waals surface area contributed by atoms with E-state index in [0.29, 0.717) is 5.82 Å². The van der Waals surface area contributed by atoms with Gasteiger partial charge >= 0.3 is 5.97 Å². The fraction of sp³-hybridized carbons (Fsp3) is 0.375. The highest BCUT2D eigenvalue weighted by atomic mass is 16.5. The van der Waals surface area contributed by atoms with Gasteiger partial charge in [-0.1, -0.05) is 37.3 Å². The molecule has 7 nitrogen and oxygen atoms in total. The van der Waals surface area contributed by atoms with Gasteiger partial charge in [-0.15, -0.1) is 5.10 Å². The van der Waals surface area contributed by atoms with Crippen molar-refractivity contribution in [3.63, 3.8) is 0 Å². The van der Waals surface area contributed by atoms with Crippen molar-refractivity contribution in [1.29, 1.82) is 0 Å². The van der Waals surface area contributed by atoms with Crippen molar-refractivity contribution in [2.45, 2.75) is 26.8 Å². The Morgan fingerprint density at radius 3 is 2.39 bits per heavy atom. The van der Waals surface area contributed by atoms with Crippen LogP contribution in [0.1, 0.15) is 31.3 Å². The highest BCUT2D eigenvalue weighted by molar-refractivity contribution is 5.97. The number of nitrogens with zero attached hydrogens (tertiary/aromatic N) is 3. The number of nitrogens with one attached hydrogen (secondary N) is 1. The van der Waals surface area contributed by atoms with E-state index >= 15 is 0 Å². The number of ketones is 1. The number of rotatable bonds is 6. The molecule has 0 saturated carbocycles. The highest BCUT2D eigenvalue weighted by Gasteiger charge is 2.27. The Hall–Kier alpha value is -2.70. The Bertz CT molecular complexity index is 695. The van der Waals surface area contributed by atoms with Gasteiger partial charge in [0.15, 0.2) is 17.3 Å². The largest absolute Gasteiger partial charge is 0.467 e. The maximum absolute atomic E-state index is 12.0. The van der Waals surface area contributed by atoms with Gasteiger partial charge in [0.2, 0.25) is 0 Å². The highest BCUT2D eigenvalue weighted by Crippen LogP contribution is 2.21. The van der Waals surface area contributed by atoms with Crippen LogP contribution in [0.2, 0.25) is 0 Å². The number of ether oxygens (including phenoxy) is 1. The zero-order valence-corrected chi connectivity index (χ0v) is 13.6. The molecule has 2 aromatic rings. The molecule has 0 bridgehead atoms. The topological polar surface area (TPSA) is 86.1 Å². The molecule has 0 unspecified atom stereocenters. The smallest absolute Gasteiger partial charge is 0.328 e. The lowest BCUT2D eigenvalue weighted by atomic mass is 10.0. The Balaban J connectivity index is 2.48. The van der Waals surface area contributed by atoms with Crippen molar-refractivity contribution in [2.24, 2.45) is 5.92 Å². The van der Waals surface area contributed by atoms with Gasteiger partial charge in [0, 0.05) is 6.92 Å². The number of esters is 1. The van der Waals surface area contributed by atoms with Gasteiger partial charge in [0.05, 0.1) is 12.8 Å². The SMILES string of the molecule is COC(=O)[C@@H](Nc1c(C(C)=O)nnn1-c1ccccc1)C(C)C. The van der Waals surface area contributed by atoms with Crippen LogP contribution < -0.4 is 5.32 Å². The molecule has 0 aliphatic heterocycles.